The van der Waals surface area contributed by atoms with E-state index in [1.807, 2.05) is 37.3 Å². The van der Waals surface area contributed by atoms with Crippen molar-refractivity contribution in [2.75, 3.05) is 11.0 Å². The normalized spacial score (nSPS) is 19.0. The van der Waals surface area contributed by atoms with Gasteiger partial charge in [0.25, 0.3) is 11.5 Å². The molecule has 0 spiro atoms. The van der Waals surface area contributed by atoms with Crippen LogP contribution in [0.3, 0.4) is 0 Å². The van der Waals surface area contributed by atoms with E-state index < -0.39 is 27.6 Å². The predicted molar refractivity (Wildman–Crippen MR) is 138 cm³/mol. The molecule has 2 atom stereocenters. The maximum absolute atomic E-state index is 13.9. The number of nitrogens with zero attached hydrogens (tertiary/aromatic N) is 2. The van der Waals surface area contributed by atoms with Gasteiger partial charge in [0.2, 0.25) is 10.0 Å². The number of amides is 2. The van der Waals surface area contributed by atoms with E-state index in [1.165, 1.54) is 4.90 Å². The Morgan fingerprint density at radius 2 is 1.86 bits per heavy atom. The predicted octanol–water partition coefficient (Wildman–Crippen LogP) is 4.71. The molecule has 0 saturated carbocycles. The van der Waals surface area contributed by atoms with Gasteiger partial charge in [-0.25, -0.2) is 23.1 Å². The van der Waals surface area contributed by atoms with E-state index in [2.05, 4.69) is 21.6 Å². The Kier molecular flexibility index (Phi) is 7.35. The number of ether oxygens (including phenoxy) is 1. The minimum atomic E-state index is -3.47. The van der Waals surface area contributed by atoms with Crippen LogP contribution in [0.5, 0.6) is 0 Å². The van der Waals surface area contributed by atoms with Gasteiger partial charge in [0.15, 0.2) is 5.82 Å². The lowest BCUT2D eigenvalue weighted by Gasteiger charge is -2.25. The van der Waals surface area contributed by atoms with Crippen LogP contribution >= 0.6 is 0 Å². The molecule has 2 amide bonds. The third kappa shape index (κ3) is 5.38. The molecule has 2 unspecified atom stereocenters. The second-order valence-electron chi connectivity index (χ2n) is 9.42. The Morgan fingerprint density at radius 1 is 1.11 bits per heavy atom. The summed E-state index contributed by atoms with van der Waals surface area (Å²) in [7, 11) is -3.47. The summed E-state index contributed by atoms with van der Waals surface area (Å²) in [4.78, 5) is 36.0. The zero-order valence-corrected chi connectivity index (χ0v) is 21.6. The molecule has 10 heteroatoms. The standard InChI is InChI=1S/C26H32N4O5S/c1-4-5-6-8-11-18(2)30-24(31)26(35-25(30)32,17-19-12-9-7-10-13-19)23-27-21-15-14-20(16-22(21)28-23)29-36(3,33)34/h7,9-10,12-16,18,29H,4-6,8,11,17H2,1-3H3,(H,27,28). The minimum Gasteiger partial charge on any atom is -0.424 e. The summed E-state index contributed by atoms with van der Waals surface area (Å²) < 4.78 is 31.6. The Balaban J connectivity index is 1.72. The fourth-order valence-corrected chi connectivity index (χ4v) is 5.16. The molecule has 36 heavy (non-hydrogen) atoms. The van der Waals surface area contributed by atoms with Crippen molar-refractivity contribution in [2.45, 2.75) is 64.0 Å². The molecule has 0 radical (unpaired) electrons. The average molecular weight is 513 g/mol. The van der Waals surface area contributed by atoms with Crippen molar-refractivity contribution in [1.29, 1.82) is 0 Å². The van der Waals surface area contributed by atoms with Gasteiger partial charge in [-0.2, -0.15) is 0 Å². The molecule has 1 aliphatic rings. The fraction of sp³-hybridized carbons (Fsp3) is 0.423. The summed E-state index contributed by atoms with van der Waals surface area (Å²) in [6, 6.07) is 13.9. The van der Waals surface area contributed by atoms with Crippen molar-refractivity contribution in [1.82, 2.24) is 14.9 Å². The molecule has 4 rings (SSSR count). The topological polar surface area (TPSA) is 121 Å². The second-order valence-corrected chi connectivity index (χ2v) is 11.2. The summed E-state index contributed by atoms with van der Waals surface area (Å²) in [6.45, 7) is 4.00. The first-order chi connectivity index (χ1) is 17.1. The van der Waals surface area contributed by atoms with Crippen molar-refractivity contribution in [3.05, 3.63) is 59.9 Å². The van der Waals surface area contributed by atoms with E-state index in [4.69, 9.17) is 4.74 Å². The van der Waals surface area contributed by atoms with E-state index in [0.29, 0.717) is 23.1 Å². The van der Waals surface area contributed by atoms with Crippen molar-refractivity contribution < 1.29 is 22.7 Å². The van der Waals surface area contributed by atoms with Crippen LogP contribution in [0.2, 0.25) is 0 Å². The van der Waals surface area contributed by atoms with Crippen LogP contribution in [0, 0.1) is 0 Å². The Hall–Kier alpha value is -3.40. The molecular formula is C26H32N4O5S. The van der Waals surface area contributed by atoms with Crippen molar-refractivity contribution in [3.63, 3.8) is 0 Å². The van der Waals surface area contributed by atoms with E-state index in [1.54, 1.807) is 18.2 Å². The molecule has 192 valence electrons. The molecule has 2 N–H and O–H groups in total. The van der Waals surface area contributed by atoms with Gasteiger partial charge in [-0.15, -0.1) is 0 Å². The lowest BCUT2D eigenvalue weighted by molar-refractivity contribution is -0.139. The lowest BCUT2D eigenvalue weighted by atomic mass is 9.92. The van der Waals surface area contributed by atoms with Gasteiger partial charge < -0.3 is 9.72 Å². The van der Waals surface area contributed by atoms with Crippen LogP contribution in [-0.2, 0) is 31.6 Å². The summed E-state index contributed by atoms with van der Waals surface area (Å²) in [5.74, 6) is -0.246. The monoisotopic (exact) mass is 512 g/mol. The maximum Gasteiger partial charge on any atom is 0.418 e. The van der Waals surface area contributed by atoms with Gasteiger partial charge in [0, 0.05) is 12.5 Å². The number of cyclic esters (lactones) is 1. The molecule has 1 aliphatic heterocycles. The number of rotatable bonds is 11. The number of hydrogen-bond acceptors (Lipinski definition) is 6. The number of aromatic nitrogens is 2. The third-order valence-electron chi connectivity index (χ3n) is 6.40. The average Bonchev–Trinajstić information content (AvgIpc) is 3.35. The van der Waals surface area contributed by atoms with Gasteiger partial charge in [-0.3, -0.25) is 9.52 Å². The molecule has 9 nitrogen and oxygen atoms in total. The number of carbonyl (C=O) groups is 2. The number of H-pyrrole nitrogens is 1. The van der Waals surface area contributed by atoms with Gasteiger partial charge in [0.05, 0.1) is 23.0 Å². The first-order valence-corrected chi connectivity index (χ1v) is 14.1. The number of benzene rings is 2. The highest BCUT2D eigenvalue weighted by Crippen LogP contribution is 2.39. The Labute approximate surface area is 211 Å². The number of imide groups is 1. The van der Waals surface area contributed by atoms with E-state index in [0.717, 1.165) is 37.5 Å². The first-order valence-electron chi connectivity index (χ1n) is 12.2. The third-order valence-corrected chi connectivity index (χ3v) is 7.01. The largest absolute Gasteiger partial charge is 0.424 e. The van der Waals surface area contributed by atoms with Crippen LogP contribution in [0.25, 0.3) is 11.0 Å². The highest BCUT2D eigenvalue weighted by atomic mass is 32.2. The number of nitrogens with one attached hydrogen (secondary N) is 2. The maximum atomic E-state index is 13.9. The van der Waals surface area contributed by atoms with Crippen LogP contribution in [0.1, 0.15) is 57.3 Å². The van der Waals surface area contributed by atoms with Crippen LogP contribution in [0.15, 0.2) is 48.5 Å². The summed E-state index contributed by atoms with van der Waals surface area (Å²) >= 11 is 0. The molecular weight excluding hydrogens is 480 g/mol. The highest BCUT2D eigenvalue weighted by molar-refractivity contribution is 7.92. The van der Waals surface area contributed by atoms with E-state index in [-0.39, 0.29) is 18.3 Å². The number of imidazole rings is 1. The molecule has 1 fully saturated rings. The summed E-state index contributed by atoms with van der Waals surface area (Å²) in [6.07, 6.45) is 5.37. The number of aromatic amines is 1. The van der Waals surface area contributed by atoms with Gasteiger partial charge in [-0.1, -0.05) is 62.9 Å². The number of carbonyl (C=O) groups excluding carboxylic acids is 2. The molecule has 0 bridgehead atoms. The van der Waals surface area contributed by atoms with Gasteiger partial charge in [-0.05, 0) is 37.1 Å². The molecule has 2 aromatic carbocycles. The quantitative estimate of drug-likeness (QED) is 0.359. The number of hydrogen-bond donors (Lipinski definition) is 2. The van der Waals surface area contributed by atoms with Crippen LogP contribution < -0.4 is 4.72 Å². The summed E-state index contributed by atoms with van der Waals surface area (Å²) in [5, 5.41) is 0. The molecule has 3 aromatic rings. The van der Waals surface area contributed by atoms with Gasteiger partial charge in [0.1, 0.15) is 0 Å². The van der Waals surface area contributed by atoms with Crippen molar-refractivity contribution in [2.24, 2.45) is 0 Å². The molecule has 0 aliphatic carbocycles. The number of sulfonamides is 1. The second kappa shape index (κ2) is 10.3. The minimum absolute atomic E-state index is 0.117. The number of unbranched alkanes of at least 4 members (excludes halogenated alkanes) is 3. The number of anilines is 1. The number of fused-ring (bicyclic) bond motifs is 1. The Bertz CT molecular complexity index is 1360. The van der Waals surface area contributed by atoms with E-state index >= 15 is 0 Å². The smallest absolute Gasteiger partial charge is 0.418 e. The van der Waals surface area contributed by atoms with Gasteiger partial charge >= 0.3 is 6.09 Å². The zero-order valence-electron chi connectivity index (χ0n) is 20.8. The highest BCUT2D eigenvalue weighted by Gasteiger charge is 2.58. The molecule has 2 heterocycles. The van der Waals surface area contributed by atoms with Crippen LogP contribution in [-0.4, -0.2) is 47.6 Å². The van der Waals surface area contributed by atoms with Crippen molar-refractivity contribution >= 4 is 38.7 Å². The fourth-order valence-electron chi connectivity index (χ4n) is 4.60. The SMILES string of the molecule is CCCCCCC(C)N1C(=O)OC(Cc2ccccc2)(c2nc3ccc(NS(C)(=O)=O)cc3[nH]2)C1=O. The first kappa shape index (κ1) is 25.7. The van der Waals surface area contributed by atoms with Crippen LogP contribution in [0.4, 0.5) is 10.5 Å². The molecule has 1 saturated heterocycles. The Morgan fingerprint density at radius 3 is 2.56 bits per heavy atom. The van der Waals surface area contributed by atoms with E-state index in [9.17, 15) is 18.0 Å². The van der Waals surface area contributed by atoms with Crippen molar-refractivity contribution in [3.8, 4) is 0 Å². The zero-order chi connectivity index (χ0) is 25.9. The lowest BCUT2D eigenvalue weighted by Crippen LogP contribution is -2.44. The summed E-state index contributed by atoms with van der Waals surface area (Å²) in [5.41, 5.74) is 0.553. The molecule has 1 aromatic heterocycles.